The Morgan fingerprint density at radius 2 is 2.05 bits per heavy atom. The molecule has 2 heterocycles. The number of aromatic nitrogens is 2. The summed E-state index contributed by atoms with van der Waals surface area (Å²) in [6, 6.07) is 5.57. The van der Waals surface area contributed by atoms with Crippen molar-refractivity contribution in [1.82, 2.24) is 14.9 Å². The highest BCUT2D eigenvalue weighted by atomic mass is 16.7. The van der Waals surface area contributed by atoms with Crippen LogP contribution >= 0.6 is 0 Å². The molecule has 108 valence electrons. The van der Waals surface area contributed by atoms with E-state index < -0.39 is 0 Å². The summed E-state index contributed by atoms with van der Waals surface area (Å²) >= 11 is 0. The van der Waals surface area contributed by atoms with Gasteiger partial charge in [-0.1, -0.05) is 6.07 Å². The van der Waals surface area contributed by atoms with Gasteiger partial charge in [0.15, 0.2) is 23.0 Å². The molecule has 1 aromatic heterocycles. The van der Waals surface area contributed by atoms with Crippen LogP contribution in [0.25, 0.3) is 0 Å². The zero-order valence-corrected chi connectivity index (χ0v) is 11.4. The van der Waals surface area contributed by atoms with E-state index in [1.807, 2.05) is 18.2 Å². The van der Waals surface area contributed by atoms with Crippen molar-refractivity contribution in [3.05, 3.63) is 41.9 Å². The first-order chi connectivity index (χ1) is 10.1. The Labute approximate surface area is 121 Å². The second kappa shape index (κ2) is 5.28. The summed E-state index contributed by atoms with van der Waals surface area (Å²) in [5, 5.41) is 0. The highest BCUT2D eigenvalue weighted by Crippen LogP contribution is 2.32. The standard InChI is InChI=1S/C14H14N4O3/c1-18(14(19)12-13(15)17-5-4-16-12)7-9-2-3-10-11(6-9)21-8-20-10/h2-6H,7-8H2,1H3,(H2,15,17). The average molecular weight is 286 g/mol. The molecule has 3 rings (SSSR count). The van der Waals surface area contributed by atoms with Gasteiger partial charge in [0.2, 0.25) is 6.79 Å². The quantitative estimate of drug-likeness (QED) is 0.907. The van der Waals surface area contributed by atoms with Crippen LogP contribution in [0, 0.1) is 0 Å². The lowest BCUT2D eigenvalue weighted by Gasteiger charge is -2.17. The Morgan fingerprint density at radius 1 is 1.29 bits per heavy atom. The molecule has 0 radical (unpaired) electrons. The lowest BCUT2D eigenvalue weighted by molar-refractivity contribution is 0.0780. The molecule has 1 aliphatic rings. The molecule has 21 heavy (non-hydrogen) atoms. The van der Waals surface area contributed by atoms with E-state index in [-0.39, 0.29) is 24.2 Å². The molecule has 0 aliphatic carbocycles. The minimum Gasteiger partial charge on any atom is -0.454 e. The molecular weight excluding hydrogens is 272 g/mol. The first-order valence-corrected chi connectivity index (χ1v) is 6.35. The van der Waals surface area contributed by atoms with Crippen LogP contribution < -0.4 is 15.2 Å². The zero-order chi connectivity index (χ0) is 14.8. The summed E-state index contributed by atoms with van der Waals surface area (Å²) in [5.41, 5.74) is 6.75. The summed E-state index contributed by atoms with van der Waals surface area (Å²) in [5.74, 6) is 1.25. The predicted molar refractivity (Wildman–Crippen MR) is 74.8 cm³/mol. The highest BCUT2D eigenvalue weighted by molar-refractivity contribution is 5.96. The van der Waals surface area contributed by atoms with Crippen LogP contribution in [-0.2, 0) is 6.54 Å². The van der Waals surface area contributed by atoms with Crippen molar-refractivity contribution in [2.24, 2.45) is 0 Å². The van der Waals surface area contributed by atoms with Gasteiger partial charge in [-0.2, -0.15) is 0 Å². The van der Waals surface area contributed by atoms with Gasteiger partial charge in [-0.05, 0) is 17.7 Å². The number of hydrogen-bond donors (Lipinski definition) is 1. The number of ether oxygens (including phenoxy) is 2. The van der Waals surface area contributed by atoms with E-state index in [1.165, 1.54) is 17.3 Å². The van der Waals surface area contributed by atoms with E-state index in [9.17, 15) is 4.79 Å². The Balaban J connectivity index is 1.76. The van der Waals surface area contributed by atoms with E-state index in [4.69, 9.17) is 15.2 Å². The second-order valence-electron chi connectivity index (χ2n) is 4.64. The SMILES string of the molecule is CN(Cc1ccc2c(c1)OCO2)C(=O)c1nccnc1N. The van der Waals surface area contributed by atoms with Crippen molar-refractivity contribution < 1.29 is 14.3 Å². The maximum absolute atomic E-state index is 12.3. The van der Waals surface area contributed by atoms with Gasteiger partial charge in [0.25, 0.3) is 5.91 Å². The molecule has 0 saturated carbocycles. The number of hydrogen-bond acceptors (Lipinski definition) is 6. The summed E-state index contributed by atoms with van der Waals surface area (Å²) < 4.78 is 10.6. The first-order valence-electron chi connectivity index (χ1n) is 6.35. The lowest BCUT2D eigenvalue weighted by Crippen LogP contribution is -2.28. The molecule has 0 bridgehead atoms. The molecule has 0 spiro atoms. The number of nitrogen functional groups attached to an aromatic ring is 1. The smallest absolute Gasteiger partial charge is 0.276 e. The molecule has 0 atom stereocenters. The van der Waals surface area contributed by atoms with Crippen LogP contribution in [0.5, 0.6) is 11.5 Å². The van der Waals surface area contributed by atoms with Crippen LogP contribution in [0.3, 0.4) is 0 Å². The summed E-state index contributed by atoms with van der Waals surface area (Å²) in [7, 11) is 1.68. The molecule has 1 aliphatic heterocycles. The van der Waals surface area contributed by atoms with Gasteiger partial charge in [-0.25, -0.2) is 9.97 Å². The lowest BCUT2D eigenvalue weighted by atomic mass is 10.2. The number of rotatable bonds is 3. The molecule has 2 N–H and O–H groups in total. The largest absolute Gasteiger partial charge is 0.454 e. The third kappa shape index (κ3) is 2.58. The fourth-order valence-corrected chi connectivity index (χ4v) is 2.08. The third-order valence-corrected chi connectivity index (χ3v) is 3.13. The maximum atomic E-state index is 12.3. The molecule has 2 aromatic rings. The predicted octanol–water partition coefficient (Wildman–Crippen LogP) is 1.06. The van der Waals surface area contributed by atoms with Gasteiger partial charge >= 0.3 is 0 Å². The Bertz CT molecular complexity index is 690. The normalized spacial score (nSPS) is 12.2. The number of benzene rings is 1. The van der Waals surface area contributed by atoms with Crippen molar-refractivity contribution in [3.63, 3.8) is 0 Å². The van der Waals surface area contributed by atoms with E-state index in [0.29, 0.717) is 18.0 Å². The minimum atomic E-state index is -0.279. The molecule has 7 heteroatoms. The van der Waals surface area contributed by atoms with Gasteiger partial charge in [-0.15, -0.1) is 0 Å². The van der Waals surface area contributed by atoms with Gasteiger partial charge in [-0.3, -0.25) is 4.79 Å². The molecule has 0 saturated heterocycles. The summed E-state index contributed by atoms with van der Waals surface area (Å²) in [4.78, 5) is 21.7. The van der Waals surface area contributed by atoms with Gasteiger partial charge < -0.3 is 20.1 Å². The summed E-state index contributed by atoms with van der Waals surface area (Å²) in [6.45, 7) is 0.634. The number of carbonyl (C=O) groups excluding carboxylic acids is 1. The molecule has 0 unspecified atom stereocenters. The molecular formula is C14H14N4O3. The monoisotopic (exact) mass is 286 g/mol. The number of nitrogens with zero attached hydrogens (tertiary/aromatic N) is 3. The maximum Gasteiger partial charge on any atom is 0.276 e. The van der Waals surface area contributed by atoms with Crippen LogP contribution in [0.1, 0.15) is 16.1 Å². The Morgan fingerprint density at radius 3 is 2.86 bits per heavy atom. The molecule has 1 aromatic carbocycles. The third-order valence-electron chi connectivity index (χ3n) is 3.13. The number of anilines is 1. The summed E-state index contributed by atoms with van der Waals surface area (Å²) in [6.07, 6.45) is 2.89. The number of fused-ring (bicyclic) bond motifs is 1. The Hall–Kier alpha value is -2.83. The highest BCUT2D eigenvalue weighted by Gasteiger charge is 2.19. The van der Waals surface area contributed by atoms with E-state index >= 15 is 0 Å². The second-order valence-corrected chi connectivity index (χ2v) is 4.64. The van der Waals surface area contributed by atoms with Crippen molar-refractivity contribution in [2.75, 3.05) is 19.6 Å². The van der Waals surface area contributed by atoms with Crippen molar-refractivity contribution >= 4 is 11.7 Å². The first kappa shape index (κ1) is 13.2. The van der Waals surface area contributed by atoms with Crippen LogP contribution in [-0.4, -0.2) is 34.6 Å². The number of nitrogens with two attached hydrogens (primary N) is 1. The van der Waals surface area contributed by atoms with Crippen LogP contribution in [0.15, 0.2) is 30.6 Å². The van der Waals surface area contributed by atoms with Gasteiger partial charge in [0.05, 0.1) is 0 Å². The average Bonchev–Trinajstić information content (AvgIpc) is 2.94. The van der Waals surface area contributed by atoms with Gasteiger partial charge in [0.1, 0.15) is 0 Å². The van der Waals surface area contributed by atoms with E-state index in [2.05, 4.69) is 9.97 Å². The molecule has 1 amide bonds. The van der Waals surface area contributed by atoms with Crippen LogP contribution in [0.2, 0.25) is 0 Å². The number of amides is 1. The fraction of sp³-hybridized carbons (Fsp3) is 0.214. The van der Waals surface area contributed by atoms with E-state index in [0.717, 1.165) is 5.56 Å². The molecule has 0 fully saturated rings. The molecule has 7 nitrogen and oxygen atoms in total. The Kier molecular flexibility index (Phi) is 3.31. The number of carbonyl (C=O) groups is 1. The van der Waals surface area contributed by atoms with Crippen LogP contribution in [0.4, 0.5) is 5.82 Å². The zero-order valence-electron chi connectivity index (χ0n) is 11.4. The fourth-order valence-electron chi connectivity index (χ4n) is 2.08. The topological polar surface area (TPSA) is 90.6 Å². The van der Waals surface area contributed by atoms with E-state index in [1.54, 1.807) is 7.05 Å². The van der Waals surface area contributed by atoms with Gasteiger partial charge in [0, 0.05) is 26.0 Å². The van der Waals surface area contributed by atoms with Crippen molar-refractivity contribution in [1.29, 1.82) is 0 Å². The van der Waals surface area contributed by atoms with Crippen molar-refractivity contribution in [2.45, 2.75) is 6.54 Å². The van der Waals surface area contributed by atoms with Crippen molar-refractivity contribution in [3.8, 4) is 11.5 Å². The minimum absolute atomic E-state index is 0.125.